The number of phenols is 1. The van der Waals surface area contributed by atoms with Crippen LogP contribution in [0.15, 0.2) is 76.2 Å². The number of ether oxygens (including phenoxy) is 1. The maximum Gasteiger partial charge on any atom is 0.256 e. The van der Waals surface area contributed by atoms with Crippen molar-refractivity contribution in [2.24, 2.45) is 4.99 Å². The van der Waals surface area contributed by atoms with Crippen molar-refractivity contribution in [3.8, 4) is 11.5 Å². The summed E-state index contributed by atoms with van der Waals surface area (Å²) in [4.78, 5) is 16.8. The highest BCUT2D eigenvalue weighted by Crippen LogP contribution is 2.29. The molecule has 0 radical (unpaired) electrons. The normalized spacial score (nSPS) is 10.7. The van der Waals surface area contributed by atoms with Crippen molar-refractivity contribution in [2.75, 3.05) is 12.4 Å². The summed E-state index contributed by atoms with van der Waals surface area (Å²) >= 11 is 3.38. The average Bonchev–Trinajstić information content (AvgIpc) is 2.68. The van der Waals surface area contributed by atoms with Crippen LogP contribution in [0.5, 0.6) is 11.5 Å². The molecule has 0 bridgehead atoms. The number of hydrogen-bond donors (Lipinski definition) is 2. The van der Waals surface area contributed by atoms with Gasteiger partial charge >= 0.3 is 0 Å². The first-order valence-corrected chi connectivity index (χ1v) is 8.94. The number of nitrogens with zero attached hydrogens (tertiary/aromatic N) is 1. The smallest absolute Gasteiger partial charge is 0.256 e. The van der Waals surface area contributed by atoms with Crippen molar-refractivity contribution in [1.29, 1.82) is 0 Å². The number of hydrogen-bond acceptors (Lipinski definition) is 4. The Balaban J connectivity index is 1.78. The van der Waals surface area contributed by atoms with Gasteiger partial charge in [0.25, 0.3) is 5.91 Å². The van der Waals surface area contributed by atoms with Crippen molar-refractivity contribution in [3.63, 3.8) is 0 Å². The molecule has 3 aromatic rings. The second-order valence-electron chi connectivity index (χ2n) is 5.64. The van der Waals surface area contributed by atoms with Gasteiger partial charge in [-0.2, -0.15) is 0 Å². The molecule has 0 aromatic heterocycles. The number of para-hydroxylation sites is 1. The summed E-state index contributed by atoms with van der Waals surface area (Å²) in [6.45, 7) is 0. The van der Waals surface area contributed by atoms with E-state index in [2.05, 4.69) is 26.2 Å². The molecule has 0 saturated heterocycles. The Labute approximate surface area is 165 Å². The van der Waals surface area contributed by atoms with E-state index in [4.69, 9.17) is 4.74 Å². The minimum absolute atomic E-state index is 0.0298. The van der Waals surface area contributed by atoms with Crippen molar-refractivity contribution in [3.05, 3.63) is 82.3 Å². The molecular formula is C21H17BrN2O3. The lowest BCUT2D eigenvalue weighted by atomic mass is 10.2. The predicted molar refractivity (Wildman–Crippen MR) is 110 cm³/mol. The molecule has 0 aliphatic carbocycles. The number of nitrogens with one attached hydrogen (secondary N) is 1. The second-order valence-corrected chi connectivity index (χ2v) is 6.49. The van der Waals surface area contributed by atoms with Crippen LogP contribution in [-0.2, 0) is 0 Å². The van der Waals surface area contributed by atoms with Crippen LogP contribution in [0.1, 0.15) is 15.9 Å². The van der Waals surface area contributed by atoms with Gasteiger partial charge in [0.15, 0.2) is 11.5 Å². The Hall–Kier alpha value is -3.12. The number of benzene rings is 3. The lowest BCUT2D eigenvalue weighted by molar-refractivity contribution is 0.102. The highest BCUT2D eigenvalue weighted by Gasteiger charge is 2.09. The molecule has 1 amide bonds. The van der Waals surface area contributed by atoms with Crippen LogP contribution >= 0.6 is 15.9 Å². The molecule has 0 saturated carbocycles. The van der Waals surface area contributed by atoms with Gasteiger partial charge in [0.05, 0.1) is 18.4 Å². The maximum atomic E-state index is 12.4. The van der Waals surface area contributed by atoms with Gasteiger partial charge in [-0.1, -0.05) is 24.3 Å². The minimum Gasteiger partial charge on any atom is -0.504 e. The number of aromatic hydroxyl groups is 1. The SMILES string of the molecule is COc1cccc(C=Nc2cccc(NC(=O)c3ccccc3Br)c2)c1O. The zero-order valence-corrected chi connectivity index (χ0v) is 16.1. The van der Waals surface area contributed by atoms with Gasteiger partial charge in [0, 0.05) is 21.9 Å². The molecule has 6 heteroatoms. The van der Waals surface area contributed by atoms with Gasteiger partial charge in [0.2, 0.25) is 0 Å². The molecule has 3 rings (SSSR count). The summed E-state index contributed by atoms with van der Waals surface area (Å²) in [5.41, 5.74) is 2.35. The monoisotopic (exact) mass is 424 g/mol. The topological polar surface area (TPSA) is 70.9 Å². The molecule has 3 aromatic carbocycles. The third-order valence-corrected chi connectivity index (χ3v) is 4.52. The molecule has 0 aliphatic rings. The average molecular weight is 425 g/mol. The standard InChI is InChI=1S/C21H17BrN2O3/c1-27-19-11-4-6-14(20(19)25)13-23-15-7-5-8-16(12-15)24-21(26)17-9-2-3-10-18(17)22/h2-13,25H,1H3,(H,24,26). The van der Waals surface area contributed by atoms with Crippen LogP contribution in [0.3, 0.4) is 0 Å². The third-order valence-electron chi connectivity index (χ3n) is 3.83. The number of carbonyl (C=O) groups is 1. The highest BCUT2D eigenvalue weighted by atomic mass is 79.9. The lowest BCUT2D eigenvalue weighted by Crippen LogP contribution is -2.12. The molecule has 0 fully saturated rings. The summed E-state index contributed by atoms with van der Waals surface area (Å²) in [6.07, 6.45) is 1.55. The van der Waals surface area contributed by atoms with Crippen LogP contribution in [-0.4, -0.2) is 24.3 Å². The molecule has 5 nitrogen and oxygen atoms in total. The summed E-state index contributed by atoms with van der Waals surface area (Å²) in [5, 5.41) is 13.0. The maximum absolute atomic E-state index is 12.4. The fourth-order valence-corrected chi connectivity index (χ4v) is 2.92. The lowest BCUT2D eigenvalue weighted by Gasteiger charge is -2.07. The fourth-order valence-electron chi connectivity index (χ4n) is 2.46. The Morgan fingerprint density at radius 1 is 1.11 bits per heavy atom. The zero-order chi connectivity index (χ0) is 19.2. The Morgan fingerprint density at radius 2 is 1.89 bits per heavy atom. The van der Waals surface area contributed by atoms with Crippen molar-refractivity contribution in [1.82, 2.24) is 0 Å². The molecule has 27 heavy (non-hydrogen) atoms. The van der Waals surface area contributed by atoms with E-state index in [1.54, 1.807) is 54.7 Å². The zero-order valence-electron chi connectivity index (χ0n) is 14.5. The fraction of sp³-hybridized carbons (Fsp3) is 0.0476. The molecule has 0 spiro atoms. The van der Waals surface area contributed by atoms with E-state index >= 15 is 0 Å². The van der Waals surface area contributed by atoms with Gasteiger partial charge in [0.1, 0.15) is 0 Å². The number of aliphatic imine (C=N–C) groups is 1. The Morgan fingerprint density at radius 3 is 2.67 bits per heavy atom. The molecule has 136 valence electrons. The first-order valence-electron chi connectivity index (χ1n) is 8.14. The van der Waals surface area contributed by atoms with Crippen molar-refractivity contribution in [2.45, 2.75) is 0 Å². The third kappa shape index (κ3) is 4.54. The quantitative estimate of drug-likeness (QED) is 0.555. The molecule has 0 aliphatic heterocycles. The van der Waals surface area contributed by atoms with Gasteiger partial charge in [-0.3, -0.25) is 9.79 Å². The largest absolute Gasteiger partial charge is 0.504 e. The van der Waals surface area contributed by atoms with Crippen LogP contribution in [0.2, 0.25) is 0 Å². The number of halogens is 1. The van der Waals surface area contributed by atoms with Crippen molar-refractivity contribution < 1.29 is 14.6 Å². The second kappa shape index (κ2) is 8.51. The Bertz CT molecular complexity index is 1000. The molecule has 0 unspecified atom stereocenters. The van der Waals surface area contributed by atoms with Crippen LogP contribution in [0.4, 0.5) is 11.4 Å². The summed E-state index contributed by atoms with van der Waals surface area (Å²) < 4.78 is 5.82. The van der Waals surface area contributed by atoms with Crippen molar-refractivity contribution >= 4 is 39.4 Å². The minimum atomic E-state index is -0.214. The van der Waals surface area contributed by atoms with Gasteiger partial charge in [-0.25, -0.2) is 0 Å². The molecule has 0 heterocycles. The number of methoxy groups -OCH3 is 1. The number of phenolic OH excluding ortho intramolecular Hbond substituents is 1. The summed E-state index contributed by atoms with van der Waals surface area (Å²) in [7, 11) is 1.49. The number of rotatable bonds is 5. The first kappa shape index (κ1) is 18.7. The molecular weight excluding hydrogens is 408 g/mol. The number of amides is 1. The van der Waals surface area contributed by atoms with Crippen LogP contribution in [0.25, 0.3) is 0 Å². The number of carbonyl (C=O) groups excluding carboxylic acids is 1. The van der Waals surface area contributed by atoms with E-state index in [-0.39, 0.29) is 11.7 Å². The first-order chi connectivity index (χ1) is 13.1. The van der Waals surface area contributed by atoms with Gasteiger partial charge in [-0.15, -0.1) is 0 Å². The highest BCUT2D eigenvalue weighted by molar-refractivity contribution is 9.10. The van der Waals surface area contributed by atoms with Gasteiger partial charge in [-0.05, 0) is 58.4 Å². The van der Waals surface area contributed by atoms with Gasteiger partial charge < -0.3 is 15.2 Å². The van der Waals surface area contributed by atoms with E-state index in [9.17, 15) is 9.90 Å². The summed E-state index contributed by atoms with van der Waals surface area (Å²) in [5.74, 6) is 0.199. The van der Waals surface area contributed by atoms with E-state index in [1.165, 1.54) is 7.11 Å². The van der Waals surface area contributed by atoms with E-state index < -0.39 is 0 Å². The molecule has 2 N–H and O–H groups in total. The van der Waals surface area contributed by atoms with E-state index in [1.807, 2.05) is 18.2 Å². The van der Waals surface area contributed by atoms with Crippen LogP contribution in [0, 0.1) is 0 Å². The Kier molecular flexibility index (Phi) is 5.88. The van der Waals surface area contributed by atoms with E-state index in [0.717, 1.165) is 4.47 Å². The number of anilines is 1. The molecule has 0 atom stereocenters. The van der Waals surface area contributed by atoms with E-state index in [0.29, 0.717) is 28.3 Å². The summed E-state index contributed by atoms with van der Waals surface area (Å²) in [6, 6.07) is 19.5. The van der Waals surface area contributed by atoms with Crippen LogP contribution < -0.4 is 10.1 Å². The predicted octanol–water partition coefficient (Wildman–Crippen LogP) is 5.17.